The summed E-state index contributed by atoms with van der Waals surface area (Å²) in [4.78, 5) is 18.4. The lowest BCUT2D eigenvalue weighted by Gasteiger charge is -2.26. The summed E-state index contributed by atoms with van der Waals surface area (Å²) in [6.07, 6.45) is 7.46. The van der Waals surface area contributed by atoms with Crippen LogP contribution in [0.3, 0.4) is 0 Å². The average Bonchev–Trinajstić information content (AvgIpc) is 3.53. The van der Waals surface area contributed by atoms with Gasteiger partial charge < -0.3 is 4.74 Å². The molecule has 0 unspecified atom stereocenters. The second-order valence-corrected chi connectivity index (χ2v) is 10.1. The number of hydrogen-bond donors (Lipinski definition) is 0. The fourth-order valence-corrected chi connectivity index (χ4v) is 5.63. The smallest absolute Gasteiger partial charge is 0.186 e. The number of carbonyl (C=O) groups is 1. The fraction of sp³-hybridized carbons (Fsp3) is 0.321. The van der Waals surface area contributed by atoms with Crippen molar-refractivity contribution in [2.45, 2.75) is 32.7 Å². The van der Waals surface area contributed by atoms with Gasteiger partial charge in [0.05, 0.1) is 7.11 Å². The van der Waals surface area contributed by atoms with Gasteiger partial charge in [-0.2, -0.15) is 0 Å². The zero-order valence-electron chi connectivity index (χ0n) is 18.8. The molecule has 0 saturated heterocycles. The van der Waals surface area contributed by atoms with Gasteiger partial charge in [-0.05, 0) is 73.1 Å². The Balaban J connectivity index is 1.43. The van der Waals surface area contributed by atoms with Crippen LogP contribution < -0.4 is 4.74 Å². The standard InChI is InChI=1S/C28H29NO2S/c1-19-24(25(30)11-10-20-6-4-3-5-7-20)14-22(15-26(19)31-2)28-16-23-18-29(17-21-8-9-21)13-12-27(23)32-28/h3-7,10-11,14-16,21H,8-9,12-13,17-18H2,1-2H3/b11-10+. The highest BCUT2D eigenvalue weighted by molar-refractivity contribution is 7.15. The highest BCUT2D eigenvalue weighted by Gasteiger charge is 2.27. The van der Waals surface area contributed by atoms with Gasteiger partial charge in [-0.25, -0.2) is 0 Å². The van der Waals surface area contributed by atoms with Gasteiger partial charge in [-0.15, -0.1) is 11.3 Å². The number of carbonyl (C=O) groups excluding carboxylic acids is 1. The highest BCUT2D eigenvalue weighted by Crippen LogP contribution is 2.39. The van der Waals surface area contributed by atoms with Crippen molar-refractivity contribution in [3.63, 3.8) is 0 Å². The largest absolute Gasteiger partial charge is 0.496 e. The van der Waals surface area contributed by atoms with Gasteiger partial charge in [0.1, 0.15) is 5.75 Å². The van der Waals surface area contributed by atoms with Gasteiger partial charge in [0.2, 0.25) is 0 Å². The Morgan fingerprint density at radius 3 is 2.75 bits per heavy atom. The molecule has 4 heteroatoms. The second kappa shape index (κ2) is 9.05. The number of ketones is 1. The summed E-state index contributed by atoms with van der Waals surface area (Å²) >= 11 is 1.87. The molecular formula is C28H29NO2S. The van der Waals surface area contributed by atoms with Crippen molar-refractivity contribution >= 4 is 23.2 Å². The van der Waals surface area contributed by atoms with E-state index >= 15 is 0 Å². The first-order valence-electron chi connectivity index (χ1n) is 11.4. The van der Waals surface area contributed by atoms with Gasteiger partial charge in [0.15, 0.2) is 5.78 Å². The minimum atomic E-state index is 0.00318. The Hall–Kier alpha value is -2.69. The molecule has 0 amide bonds. The number of methoxy groups -OCH3 is 1. The van der Waals surface area contributed by atoms with Gasteiger partial charge in [-0.1, -0.05) is 36.4 Å². The molecule has 0 N–H and O–H groups in total. The van der Waals surface area contributed by atoms with Crippen LogP contribution in [0, 0.1) is 12.8 Å². The molecule has 0 atom stereocenters. The van der Waals surface area contributed by atoms with Crippen LogP contribution in [-0.2, 0) is 13.0 Å². The number of ether oxygens (including phenoxy) is 1. The van der Waals surface area contributed by atoms with Gasteiger partial charge in [-0.3, -0.25) is 9.69 Å². The van der Waals surface area contributed by atoms with Crippen LogP contribution in [0.1, 0.15) is 44.8 Å². The van der Waals surface area contributed by atoms with E-state index in [2.05, 4.69) is 17.0 Å². The average molecular weight is 444 g/mol. The molecule has 164 valence electrons. The van der Waals surface area contributed by atoms with Crippen molar-refractivity contribution in [2.24, 2.45) is 5.92 Å². The molecular weight excluding hydrogens is 414 g/mol. The van der Waals surface area contributed by atoms with E-state index in [1.165, 1.54) is 34.7 Å². The van der Waals surface area contributed by atoms with Crippen molar-refractivity contribution in [2.75, 3.05) is 20.2 Å². The van der Waals surface area contributed by atoms with Crippen molar-refractivity contribution in [3.05, 3.63) is 81.7 Å². The number of thiophene rings is 1. The van der Waals surface area contributed by atoms with Crippen LogP contribution in [0.4, 0.5) is 0 Å². The quantitative estimate of drug-likeness (QED) is 0.313. The first kappa shape index (κ1) is 21.2. The molecule has 2 heterocycles. The maximum atomic E-state index is 13.1. The molecule has 3 aromatic rings. The van der Waals surface area contributed by atoms with E-state index in [-0.39, 0.29) is 5.78 Å². The molecule has 2 aromatic carbocycles. The summed E-state index contributed by atoms with van der Waals surface area (Å²) in [7, 11) is 1.68. The Bertz CT molecular complexity index is 1160. The molecule has 32 heavy (non-hydrogen) atoms. The summed E-state index contributed by atoms with van der Waals surface area (Å²) in [6, 6.07) is 16.4. The minimum Gasteiger partial charge on any atom is -0.496 e. The number of hydrogen-bond acceptors (Lipinski definition) is 4. The molecule has 0 radical (unpaired) electrons. The summed E-state index contributed by atoms with van der Waals surface area (Å²) in [5.74, 6) is 1.69. The normalized spacial score (nSPS) is 16.3. The molecule has 0 bridgehead atoms. The molecule has 1 saturated carbocycles. The van der Waals surface area contributed by atoms with E-state index in [9.17, 15) is 4.79 Å². The Morgan fingerprint density at radius 1 is 1.19 bits per heavy atom. The third-order valence-electron chi connectivity index (χ3n) is 6.52. The van der Waals surface area contributed by atoms with E-state index in [1.807, 2.05) is 60.7 Å². The highest BCUT2D eigenvalue weighted by atomic mass is 32.1. The lowest BCUT2D eigenvalue weighted by atomic mass is 9.98. The summed E-state index contributed by atoms with van der Waals surface area (Å²) in [5, 5.41) is 0. The molecule has 0 spiro atoms. The maximum Gasteiger partial charge on any atom is 0.186 e. The van der Waals surface area contributed by atoms with Crippen molar-refractivity contribution in [1.82, 2.24) is 4.90 Å². The van der Waals surface area contributed by atoms with Crippen LogP contribution >= 0.6 is 11.3 Å². The first-order valence-corrected chi connectivity index (χ1v) is 12.2. The number of rotatable bonds is 7. The zero-order valence-corrected chi connectivity index (χ0v) is 19.6. The lowest BCUT2D eigenvalue weighted by molar-refractivity contribution is 0.104. The molecule has 1 aliphatic carbocycles. The molecule has 1 aliphatic heterocycles. The van der Waals surface area contributed by atoms with E-state index in [0.29, 0.717) is 5.56 Å². The predicted octanol–water partition coefficient (Wildman–Crippen LogP) is 6.40. The Morgan fingerprint density at radius 2 is 2.00 bits per heavy atom. The topological polar surface area (TPSA) is 29.5 Å². The van der Waals surface area contributed by atoms with Gasteiger partial charge in [0.25, 0.3) is 0 Å². The summed E-state index contributed by atoms with van der Waals surface area (Å²) < 4.78 is 5.65. The van der Waals surface area contributed by atoms with Crippen LogP contribution in [0.5, 0.6) is 5.75 Å². The monoisotopic (exact) mass is 443 g/mol. The molecule has 1 aromatic heterocycles. The van der Waals surface area contributed by atoms with E-state index in [4.69, 9.17) is 4.74 Å². The Kier molecular flexibility index (Phi) is 5.99. The lowest BCUT2D eigenvalue weighted by Crippen LogP contribution is -2.31. The van der Waals surface area contributed by atoms with Crippen LogP contribution in [0.25, 0.3) is 16.5 Å². The van der Waals surface area contributed by atoms with E-state index in [0.717, 1.165) is 47.9 Å². The SMILES string of the molecule is COc1cc(-c2cc3c(s2)CCN(CC2CC2)C3)cc(C(=O)/C=C/c2ccccc2)c1C. The van der Waals surface area contributed by atoms with E-state index in [1.54, 1.807) is 13.2 Å². The van der Waals surface area contributed by atoms with Crippen LogP contribution in [0.15, 0.2) is 54.6 Å². The van der Waals surface area contributed by atoms with Crippen molar-refractivity contribution < 1.29 is 9.53 Å². The van der Waals surface area contributed by atoms with Gasteiger partial charge >= 0.3 is 0 Å². The van der Waals surface area contributed by atoms with E-state index < -0.39 is 0 Å². The zero-order chi connectivity index (χ0) is 22.1. The molecule has 2 aliphatic rings. The fourth-order valence-electron chi connectivity index (χ4n) is 4.48. The number of allylic oxidation sites excluding steroid dienone is 1. The van der Waals surface area contributed by atoms with Crippen molar-refractivity contribution in [3.8, 4) is 16.2 Å². The van der Waals surface area contributed by atoms with Crippen LogP contribution in [0.2, 0.25) is 0 Å². The Labute approximate surface area is 194 Å². The second-order valence-electron chi connectivity index (χ2n) is 8.95. The third-order valence-corrected chi connectivity index (χ3v) is 7.80. The maximum absolute atomic E-state index is 13.1. The number of nitrogens with zero attached hydrogens (tertiary/aromatic N) is 1. The molecule has 1 fully saturated rings. The van der Waals surface area contributed by atoms with Crippen molar-refractivity contribution in [1.29, 1.82) is 0 Å². The summed E-state index contributed by atoms with van der Waals surface area (Å²) in [6.45, 7) is 5.42. The van der Waals surface area contributed by atoms with Crippen LogP contribution in [-0.4, -0.2) is 30.9 Å². The molecule has 5 rings (SSSR count). The molecule has 3 nitrogen and oxygen atoms in total. The number of fused-ring (bicyclic) bond motifs is 1. The van der Waals surface area contributed by atoms with Gasteiger partial charge in [0, 0.05) is 40.5 Å². The third kappa shape index (κ3) is 4.57. The first-order chi connectivity index (χ1) is 15.6. The number of benzene rings is 2. The summed E-state index contributed by atoms with van der Waals surface area (Å²) in [5.41, 5.74) is 5.12. The predicted molar refractivity (Wildman–Crippen MR) is 133 cm³/mol. The minimum absolute atomic E-state index is 0.00318.